The van der Waals surface area contributed by atoms with Gasteiger partial charge in [0.25, 0.3) is 0 Å². The number of nitrogens with zero attached hydrogens (tertiary/aromatic N) is 2. The molecule has 0 aliphatic heterocycles. The van der Waals surface area contributed by atoms with Crippen LogP contribution in [-0.4, -0.2) is 16.6 Å². The van der Waals surface area contributed by atoms with Gasteiger partial charge in [-0.15, -0.1) is 5.10 Å². The summed E-state index contributed by atoms with van der Waals surface area (Å²) in [4.78, 5) is 1.18. The summed E-state index contributed by atoms with van der Waals surface area (Å²) in [6, 6.07) is 8.33. The average molecular weight is 331 g/mol. The van der Waals surface area contributed by atoms with E-state index in [1.54, 1.807) is 0 Å². The SMILES string of the molecule is CNCc1snnc1-c1ccc(I)cc1. The fraction of sp³-hybridized carbons (Fsp3) is 0.200. The van der Waals surface area contributed by atoms with Crippen molar-refractivity contribution in [2.75, 3.05) is 7.05 Å². The number of rotatable bonds is 3. The van der Waals surface area contributed by atoms with E-state index < -0.39 is 0 Å². The van der Waals surface area contributed by atoms with Crippen molar-refractivity contribution < 1.29 is 0 Å². The minimum absolute atomic E-state index is 0.818. The van der Waals surface area contributed by atoms with Crippen LogP contribution < -0.4 is 5.32 Å². The van der Waals surface area contributed by atoms with Crippen LogP contribution in [0.5, 0.6) is 0 Å². The van der Waals surface area contributed by atoms with Gasteiger partial charge in [0.1, 0.15) is 5.69 Å². The predicted octanol–water partition coefficient (Wildman–Crippen LogP) is 2.53. The highest BCUT2D eigenvalue weighted by Crippen LogP contribution is 2.24. The van der Waals surface area contributed by atoms with E-state index in [1.807, 2.05) is 7.05 Å². The molecular weight excluding hydrogens is 321 g/mol. The zero-order chi connectivity index (χ0) is 10.7. The first kappa shape index (κ1) is 11.0. The van der Waals surface area contributed by atoms with Gasteiger partial charge in [-0.3, -0.25) is 0 Å². The van der Waals surface area contributed by atoms with Crippen LogP contribution in [0.4, 0.5) is 0 Å². The maximum atomic E-state index is 4.16. The minimum Gasteiger partial charge on any atom is -0.315 e. The Labute approximate surface area is 106 Å². The molecule has 1 aromatic carbocycles. The Bertz CT molecular complexity index is 438. The lowest BCUT2D eigenvalue weighted by Crippen LogP contribution is -2.04. The van der Waals surface area contributed by atoms with Crippen LogP contribution in [-0.2, 0) is 6.54 Å². The Kier molecular flexibility index (Phi) is 3.66. The van der Waals surface area contributed by atoms with E-state index >= 15 is 0 Å². The Morgan fingerprint density at radius 2 is 2.07 bits per heavy atom. The monoisotopic (exact) mass is 331 g/mol. The number of halogens is 1. The maximum absolute atomic E-state index is 4.16. The third-order valence-electron chi connectivity index (χ3n) is 2.01. The number of hydrogen-bond acceptors (Lipinski definition) is 4. The number of hydrogen-bond donors (Lipinski definition) is 1. The maximum Gasteiger partial charge on any atom is 0.110 e. The zero-order valence-corrected chi connectivity index (χ0v) is 11.2. The van der Waals surface area contributed by atoms with E-state index in [-0.39, 0.29) is 0 Å². The summed E-state index contributed by atoms with van der Waals surface area (Å²) >= 11 is 3.74. The second-order valence-corrected chi connectivity index (χ2v) is 5.17. The van der Waals surface area contributed by atoms with Gasteiger partial charge in [-0.2, -0.15) is 0 Å². The molecule has 78 valence electrons. The molecule has 0 fully saturated rings. The summed E-state index contributed by atoms with van der Waals surface area (Å²) in [7, 11) is 1.93. The van der Waals surface area contributed by atoms with Gasteiger partial charge in [0.05, 0.1) is 4.88 Å². The lowest BCUT2D eigenvalue weighted by Gasteiger charge is -2.00. The van der Waals surface area contributed by atoms with Gasteiger partial charge in [0.2, 0.25) is 0 Å². The Morgan fingerprint density at radius 3 is 2.73 bits per heavy atom. The fourth-order valence-electron chi connectivity index (χ4n) is 1.31. The predicted molar refractivity (Wildman–Crippen MR) is 70.8 cm³/mol. The van der Waals surface area contributed by atoms with E-state index in [2.05, 4.69) is 61.8 Å². The molecule has 15 heavy (non-hydrogen) atoms. The van der Waals surface area contributed by atoms with Crippen molar-refractivity contribution >= 4 is 34.1 Å². The van der Waals surface area contributed by atoms with Crippen molar-refractivity contribution in [3.63, 3.8) is 0 Å². The topological polar surface area (TPSA) is 37.8 Å². The van der Waals surface area contributed by atoms with Gasteiger partial charge in [0, 0.05) is 15.7 Å². The van der Waals surface area contributed by atoms with Crippen molar-refractivity contribution in [3.05, 3.63) is 32.7 Å². The molecule has 0 amide bonds. The quantitative estimate of drug-likeness (QED) is 0.879. The summed E-state index contributed by atoms with van der Waals surface area (Å²) in [5.41, 5.74) is 2.13. The highest BCUT2D eigenvalue weighted by molar-refractivity contribution is 14.1. The second kappa shape index (κ2) is 5.00. The minimum atomic E-state index is 0.818. The first-order chi connectivity index (χ1) is 7.31. The molecule has 0 radical (unpaired) electrons. The summed E-state index contributed by atoms with van der Waals surface area (Å²) < 4.78 is 5.22. The van der Waals surface area contributed by atoms with Gasteiger partial charge in [-0.25, -0.2) is 0 Å². The smallest absolute Gasteiger partial charge is 0.110 e. The van der Waals surface area contributed by atoms with Crippen LogP contribution in [0.3, 0.4) is 0 Å². The number of aromatic nitrogens is 2. The van der Waals surface area contributed by atoms with Gasteiger partial charge < -0.3 is 5.32 Å². The molecule has 1 N–H and O–H groups in total. The molecule has 2 rings (SSSR count). The molecule has 0 unspecified atom stereocenters. The Balaban J connectivity index is 2.36. The van der Waals surface area contributed by atoms with E-state index in [1.165, 1.54) is 20.0 Å². The third kappa shape index (κ3) is 2.53. The van der Waals surface area contributed by atoms with Crippen LogP contribution in [0.1, 0.15) is 4.88 Å². The van der Waals surface area contributed by atoms with Gasteiger partial charge in [0.15, 0.2) is 0 Å². The van der Waals surface area contributed by atoms with E-state index in [9.17, 15) is 0 Å². The summed E-state index contributed by atoms with van der Waals surface area (Å²) in [5, 5.41) is 7.28. The molecule has 0 aliphatic carbocycles. The summed E-state index contributed by atoms with van der Waals surface area (Å²) in [5.74, 6) is 0. The average Bonchev–Trinajstić information content (AvgIpc) is 2.68. The number of benzene rings is 1. The first-order valence-electron chi connectivity index (χ1n) is 4.53. The van der Waals surface area contributed by atoms with Gasteiger partial charge in [-0.1, -0.05) is 16.6 Å². The van der Waals surface area contributed by atoms with Crippen LogP contribution in [0, 0.1) is 3.57 Å². The highest BCUT2D eigenvalue weighted by atomic mass is 127. The fourth-order valence-corrected chi connectivity index (χ4v) is 2.35. The summed E-state index contributed by atoms with van der Waals surface area (Å²) in [6.07, 6.45) is 0. The normalized spacial score (nSPS) is 10.5. The van der Waals surface area contributed by atoms with Crippen molar-refractivity contribution in [3.8, 4) is 11.3 Å². The Hall–Kier alpha value is -0.530. The second-order valence-electron chi connectivity index (χ2n) is 3.08. The molecule has 0 bridgehead atoms. The highest BCUT2D eigenvalue weighted by Gasteiger charge is 2.08. The molecular formula is C10H10IN3S. The molecule has 0 saturated carbocycles. The van der Waals surface area contributed by atoms with Crippen LogP contribution in [0.2, 0.25) is 0 Å². The van der Waals surface area contributed by atoms with Crippen LogP contribution >= 0.6 is 34.1 Å². The van der Waals surface area contributed by atoms with Crippen molar-refractivity contribution in [1.29, 1.82) is 0 Å². The van der Waals surface area contributed by atoms with Crippen molar-refractivity contribution in [2.24, 2.45) is 0 Å². The molecule has 3 nitrogen and oxygen atoms in total. The molecule has 0 atom stereocenters. The zero-order valence-electron chi connectivity index (χ0n) is 8.20. The first-order valence-corrected chi connectivity index (χ1v) is 6.38. The van der Waals surface area contributed by atoms with E-state index in [0.29, 0.717) is 0 Å². The standard InChI is InChI=1S/C10H10IN3S/c1-12-6-9-10(13-14-15-9)7-2-4-8(11)5-3-7/h2-5,12H,6H2,1H3. The van der Waals surface area contributed by atoms with Crippen molar-refractivity contribution in [2.45, 2.75) is 6.54 Å². The molecule has 0 saturated heterocycles. The van der Waals surface area contributed by atoms with Gasteiger partial charge >= 0.3 is 0 Å². The lowest BCUT2D eigenvalue weighted by atomic mass is 10.1. The van der Waals surface area contributed by atoms with Gasteiger partial charge in [-0.05, 0) is 53.3 Å². The molecule has 1 heterocycles. The molecule has 1 aromatic heterocycles. The lowest BCUT2D eigenvalue weighted by molar-refractivity contribution is 0.830. The molecule has 2 aromatic rings. The van der Waals surface area contributed by atoms with Crippen molar-refractivity contribution in [1.82, 2.24) is 14.9 Å². The Morgan fingerprint density at radius 1 is 1.33 bits per heavy atom. The van der Waals surface area contributed by atoms with E-state index in [0.717, 1.165) is 17.8 Å². The van der Waals surface area contributed by atoms with Crippen LogP contribution in [0.25, 0.3) is 11.3 Å². The molecule has 5 heteroatoms. The molecule has 0 aliphatic rings. The molecule has 0 spiro atoms. The summed E-state index contributed by atoms with van der Waals surface area (Å²) in [6.45, 7) is 0.818. The largest absolute Gasteiger partial charge is 0.315 e. The van der Waals surface area contributed by atoms with E-state index in [4.69, 9.17) is 0 Å². The third-order valence-corrected chi connectivity index (χ3v) is 3.45. The number of nitrogens with one attached hydrogen (secondary N) is 1. The van der Waals surface area contributed by atoms with Crippen LogP contribution in [0.15, 0.2) is 24.3 Å².